The molecule has 0 aliphatic carbocycles. The number of unbranched alkanes of at least 4 members (excludes halogenated alkanes) is 1. The molecular formula is C27H30F3N3OS. The van der Waals surface area contributed by atoms with Crippen molar-refractivity contribution in [3.8, 4) is 11.1 Å². The first-order valence-electron chi connectivity index (χ1n) is 12.0. The van der Waals surface area contributed by atoms with Gasteiger partial charge in [-0.3, -0.25) is 4.79 Å². The topological polar surface area (TPSA) is 35.6 Å². The van der Waals surface area contributed by atoms with Crippen molar-refractivity contribution in [1.82, 2.24) is 4.90 Å². The zero-order chi connectivity index (χ0) is 24.7. The second-order valence-corrected chi connectivity index (χ2v) is 9.61. The molecule has 1 N–H and O–H groups in total. The summed E-state index contributed by atoms with van der Waals surface area (Å²) < 4.78 is 39.1. The van der Waals surface area contributed by atoms with Crippen LogP contribution in [0.5, 0.6) is 0 Å². The van der Waals surface area contributed by atoms with Gasteiger partial charge in [0.25, 0.3) is 0 Å². The largest absolute Gasteiger partial charge is 0.416 e. The van der Waals surface area contributed by atoms with Crippen LogP contribution in [0.4, 0.5) is 24.5 Å². The molecular weight excluding hydrogens is 471 g/mol. The van der Waals surface area contributed by atoms with Gasteiger partial charge in [0.05, 0.1) is 5.56 Å². The van der Waals surface area contributed by atoms with E-state index in [-0.39, 0.29) is 5.91 Å². The lowest BCUT2D eigenvalue weighted by molar-refractivity contribution is -0.137. The van der Waals surface area contributed by atoms with E-state index in [2.05, 4.69) is 21.7 Å². The summed E-state index contributed by atoms with van der Waals surface area (Å²) in [5.74, 6) is 0.0138. The van der Waals surface area contributed by atoms with E-state index in [1.165, 1.54) is 17.7 Å². The lowest BCUT2D eigenvalue weighted by atomic mass is 10.1. The molecule has 1 saturated heterocycles. The maximum atomic E-state index is 13.0. The summed E-state index contributed by atoms with van der Waals surface area (Å²) in [6.45, 7) is 4.05. The van der Waals surface area contributed by atoms with Crippen LogP contribution in [-0.4, -0.2) is 43.5 Å². The number of hydrogen-bond donors (Lipinski definition) is 1. The second kappa shape index (κ2) is 11.7. The van der Waals surface area contributed by atoms with Gasteiger partial charge in [0, 0.05) is 37.4 Å². The SMILES string of the molecule is O=C(CCCCN1CCCN(c2cccc(C(F)(F)F)c2)CC1)Nc1ccc(-c2ccsc2)cc1. The molecule has 1 aliphatic heterocycles. The maximum Gasteiger partial charge on any atom is 0.416 e. The number of benzene rings is 2. The van der Waals surface area contributed by atoms with Gasteiger partial charge in [-0.25, -0.2) is 0 Å². The minimum atomic E-state index is -4.33. The molecule has 4 nitrogen and oxygen atoms in total. The Balaban J connectivity index is 1.17. The number of alkyl halides is 3. The molecule has 0 saturated carbocycles. The number of amides is 1. The maximum absolute atomic E-state index is 13.0. The molecule has 3 aromatic rings. The number of nitrogens with zero attached hydrogens (tertiary/aromatic N) is 2. The van der Waals surface area contributed by atoms with Crippen LogP contribution in [0, 0.1) is 0 Å². The van der Waals surface area contributed by atoms with Crippen molar-refractivity contribution in [3.05, 3.63) is 70.9 Å². The molecule has 1 amide bonds. The number of carbonyl (C=O) groups is 1. The third-order valence-corrected chi connectivity index (χ3v) is 6.96. The zero-order valence-electron chi connectivity index (χ0n) is 19.6. The quantitative estimate of drug-likeness (QED) is 0.347. The minimum Gasteiger partial charge on any atom is -0.370 e. The summed E-state index contributed by atoms with van der Waals surface area (Å²) in [5.41, 5.74) is 3.14. The van der Waals surface area contributed by atoms with Crippen LogP contribution in [0.25, 0.3) is 11.1 Å². The first-order chi connectivity index (χ1) is 16.9. The van der Waals surface area contributed by atoms with Gasteiger partial charge in [0.15, 0.2) is 0 Å². The minimum absolute atomic E-state index is 0.0138. The highest BCUT2D eigenvalue weighted by Crippen LogP contribution is 2.32. The summed E-state index contributed by atoms with van der Waals surface area (Å²) in [5, 5.41) is 7.11. The van der Waals surface area contributed by atoms with Crippen LogP contribution in [0.3, 0.4) is 0 Å². The molecule has 0 radical (unpaired) electrons. The van der Waals surface area contributed by atoms with Gasteiger partial charge in [-0.05, 0) is 90.6 Å². The molecule has 0 unspecified atom stereocenters. The molecule has 4 rings (SSSR count). The summed E-state index contributed by atoms with van der Waals surface area (Å²) in [6.07, 6.45) is -1.25. The Morgan fingerprint density at radius 1 is 0.943 bits per heavy atom. The number of hydrogen-bond acceptors (Lipinski definition) is 4. The van der Waals surface area contributed by atoms with Gasteiger partial charge < -0.3 is 15.1 Å². The number of rotatable bonds is 8. The van der Waals surface area contributed by atoms with E-state index in [0.717, 1.165) is 62.8 Å². The molecule has 2 heterocycles. The van der Waals surface area contributed by atoms with E-state index in [4.69, 9.17) is 0 Å². The summed E-state index contributed by atoms with van der Waals surface area (Å²) in [4.78, 5) is 16.7. The zero-order valence-corrected chi connectivity index (χ0v) is 20.4. The van der Waals surface area contributed by atoms with E-state index in [1.807, 2.05) is 34.5 Å². The van der Waals surface area contributed by atoms with Gasteiger partial charge in [-0.1, -0.05) is 18.2 Å². The molecule has 1 aromatic heterocycles. The summed E-state index contributed by atoms with van der Waals surface area (Å²) in [7, 11) is 0. The van der Waals surface area contributed by atoms with Gasteiger partial charge in [0.1, 0.15) is 0 Å². The number of carbonyl (C=O) groups excluding carboxylic acids is 1. The van der Waals surface area contributed by atoms with Crippen LogP contribution >= 0.6 is 11.3 Å². The van der Waals surface area contributed by atoms with Gasteiger partial charge in [-0.2, -0.15) is 24.5 Å². The highest BCUT2D eigenvalue weighted by molar-refractivity contribution is 7.08. The fraction of sp³-hybridized carbons (Fsp3) is 0.370. The first kappa shape index (κ1) is 25.3. The Bertz CT molecular complexity index is 1080. The van der Waals surface area contributed by atoms with E-state index in [0.29, 0.717) is 18.7 Å². The summed E-state index contributed by atoms with van der Waals surface area (Å²) >= 11 is 1.66. The Morgan fingerprint density at radius 2 is 1.77 bits per heavy atom. The van der Waals surface area contributed by atoms with Gasteiger partial charge in [-0.15, -0.1) is 0 Å². The fourth-order valence-electron chi connectivity index (χ4n) is 4.35. The Labute approximate surface area is 208 Å². The smallest absolute Gasteiger partial charge is 0.370 e. The molecule has 8 heteroatoms. The number of anilines is 2. The third-order valence-electron chi connectivity index (χ3n) is 6.28. The Hall–Kier alpha value is -2.84. The first-order valence-corrected chi connectivity index (χ1v) is 12.9. The number of nitrogens with one attached hydrogen (secondary N) is 1. The van der Waals surface area contributed by atoms with E-state index >= 15 is 0 Å². The molecule has 1 aliphatic rings. The standard InChI is InChI=1S/C27H30F3N3OS/c28-27(29,30)23-5-3-6-25(19-23)33-15-4-14-32(16-17-33)13-2-1-7-26(34)31-24-10-8-21(9-11-24)22-12-18-35-20-22/h3,5-6,8-12,18-20H,1-2,4,7,13-17H2,(H,31,34). The van der Waals surface area contributed by atoms with Crippen LogP contribution < -0.4 is 10.2 Å². The molecule has 1 fully saturated rings. The molecule has 35 heavy (non-hydrogen) atoms. The predicted octanol–water partition coefficient (Wildman–Crippen LogP) is 6.76. The summed E-state index contributed by atoms with van der Waals surface area (Å²) in [6, 6.07) is 15.5. The van der Waals surface area contributed by atoms with Crippen LogP contribution in [0.1, 0.15) is 31.2 Å². The van der Waals surface area contributed by atoms with E-state index in [9.17, 15) is 18.0 Å². The average molecular weight is 502 g/mol. The molecule has 0 spiro atoms. The van der Waals surface area contributed by atoms with Crippen molar-refractivity contribution in [2.75, 3.05) is 42.9 Å². The Kier molecular flexibility index (Phi) is 8.46. The lowest BCUT2D eigenvalue weighted by Crippen LogP contribution is -2.31. The third kappa shape index (κ3) is 7.32. The highest BCUT2D eigenvalue weighted by atomic mass is 32.1. The van der Waals surface area contributed by atoms with Crippen molar-refractivity contribution < 1.29 is 18.0 Å². The Morgan fingerprint density at radius 3 is 2.51 bits per heavy atom. The van der Waals surface area contributed by atoms with Crippen molar-refractivity contribution in [2.45, 2.75) is 31.9 Å². The van der Waals surface area contributed by atoms with E-state index in [1.54, 1.807) is 17.4 Å². The van der Waals surface area contributed by atoms with Crippen molar-refractivity contribution in [2.24, 2.45) is 0 Å². The number of halogens is 3. The average Bonchev–Trinajstić information content (AvgIpc) is 3.28. The van der Waals surface area contributed by atoms with Gasteiger partial charge in [0.2, 0.25) is 5.91 Å². The molecule has 0 bridgehead atoms. The number of thiophene rings is 1. The highest BCUT2D eigenvalue weighted by Gasteiger charge is 2.31. The lowest BCUT2D eigenvalue weighted by Gasteiger charge is -2.24. The second-order valence-electron chi connectivity index (χ2n) is 8.82. The van der Waals surface area contributed by atoms with Crippen molar-refractivity contribution in [1.29, 1.82) is 0 Å². The van der Waals surface area contributed by atoms with Crippen LogP contribution in [0.2, 0.25) is 0 Å². The van der Waals surface area contributed by atoms with Crippen LogP contribution in [0.15, 0.2) is 65.4 Å². The van der Waals surface area contributed by atoms with Crippen molar-refractivity contribution >= 4 is 28.6 Å². The monoisotopic (exact) mass is 501 g/mol. The molecule has 2 aromatic carbocycles. The molecule has 186 valence electrons. The fourth-order valence-corrected chi connectivity index (χ4v) is 5.02. The predicted molar refractivity (Wildman–Crippen MR) is 137 cm³/mol. The van der Waals surface area contributed by atoms with Gasteiger partial charge >= 0.3 is 6.18 Å². The normalized spacial score (nSPS) is 15.1. The van der Waals surface area contributed by atoms with Crippen LogP contribution in [-0.2, 0) is 11.0 Å². The molecule has 0 atom stereocenters. The van der Waals surface area contributed by atoms with Crippen molar-refractivity contribution in [3.63, 3.8) is 0 Å². The van der Waals surface area contributed by atoms with E-state index < -0.39 is 11.7 Å².